The van der Waals surface area contributed by atoms with Gasteiger partial charge in [-0.2, -0.15) is 0 Å². The predicted octanol–water partition coefficient (Wildman–Crippen LogP) is 11.3. The Balaban J connectivity index is 0.000000455. The third-order valence-corrected chi connectivity index (χ3v) is 11.3. The average molecular weight is 1070 g/mol. The quantitative estimate of drug-likeness (QED) is 0.122. The number of ether oxygens (including phenoxy) is 1. The summed E-state index contributed by atoms with van der Waals surface area (Å²) in [5.41, 5.74) is 25.7. The normalized spacial score (nSPS) is 11.6. The third-order valence-electron chi connectivity index (χ3n) is 11.0. The molecule has 330 valence electrons. The van der Waals surface area contributed by atoms with Crippen LogP contribution in [0, 0.1) is 32.6 Å². The number of carbonyl (C=O) groups is 2. The number of amides is 1. The van der Waals surface area contributed by atoms with Gasteiger partial charge in [0.15, 0.2) is 0 Å². The first-order chi connectivity index (χ1) is 31.5. The van der Waals surface area contributed by atoms with Crippen molar-refractivity contribution in [2.24, 2.45) is 0 Å². The van der Waals surface area contributed by atoms with Crippen molar-refractivity contribution in [2.45, 2.75) is 40.7 Å². The van der Waals surface area contributed by atoms with Crippen LogP contribution in [0.3, 0.4) is 0 Å². The number of fused-ring (bicyclic) bond motifs is 8. The molecule has 8 bridgehead atoms. The van der Waals surface area contributed by atoms with Crippen molar-refractivity contribution in [3.63, 3.8) is 0 Å². The van der Waals surface area contributed by atoms with Crippen molar-refractivity contribution in [1.82, 2.24) is 25.3 Å². The van der Waals surface area contributed by atoms with Gasteiger partial charge in [0.1, 0.15) is 6.04 Å². The molecular formula is C54H46N6O4OsS. The number of nitrogens with one attached hydrogen (secondary N) is 1. The SMILES string of the molecule is COC(=O)[C@H](C[S-])NC(C)=O.Cc1ccc(-c2c3nc(c(-c4ccc(C)cc4)c4ccc([n-]4)c(-c4ccc(C)cc4)c4nc(c(-c5ccc(C)cc5)c5ccc2[n-]5)C=C4)C=C3)cc1.[N-]=O.[Os+4]. The zero-order valence-corrected chi connectivity index (χ0v) is 40.6. The maximum atomic E-state index is 10.8. The van der Waals surface area contributed by atoms with Gasteiger partial charge in [-0.25, -0.2) is 14.8 Å². The van der Waals surface area contributed by atoms with E-state index >= 15 is 0 Å². The number of nitroso groups, excluding NO2 is 1. The fourth-order valence-corrected chi connectivity index (χ4v) is 7.93. The van der Waals surface area contributed by atoms with Gasteiger partial charge in [-0.1, -0.05) is 144 Å². The molecule has 1 amide bonds. The van der Waals surface area contributed by atoms with Crippen LogP contribution in [0.4, 0.5) is 0 Å². The fraction of sp³-hybridized carbons (Fsp3) is 0.148. The smallest absolute Gasteiger partial charge is 0.790 e. The summed E-state index contributed by atoms with van der Waals surface area (Å²) in [6.07, 6.45) is 8.48. The van der Waals surface area contributed by atoms with Gasteiger partial charge in [0.2, 0.25) is 5.91 Å². The number of carbonyl (C=O) groups excluding carboxylic acids is 2. The zero-order valence-electron chi connectivity index (χ0n) is 37.3. The van der Waals surface area contributed by atoms with E-state index < -0.39 is 12.0 Å². The number of hydrogen-bond acceptors (Lipinski definition) is 7. The van der Waals surface area contributed by atoms with E-state index in [0.717, 1.165) is 89.4 Å². The number of aryl methyl sites for hydroxylation is 4. The second-order valence-electron chi connectivity index (χ2n) is 15.8. The van der Waals surface area contributed by atoms with Crippen LogP contribution in [0.15, 0.2) is 121 Å². The van der Waals surface area contributed by atoms with E-state index in [1.54, 1.807) is 0 Å². The van der Waals surface area contributed by atoms with E-state index in [2.05, 4.69) is 196 Å². The molecule has 0 fully saturated rings. The second kappa shape index (κ2) is 21.8. The Morgan fingerprint density at radius 3 is 1.00 bits per heavy atom. The summed E-state index contributed by atoms with van der Waals surface area (Å²) < 4.78 is 4.38. The zero-order chi connectivity index (χ0) is 46.2. The molecule has 2 aliphatic rings. The largest absolute Gasteiger partial charge is 4.00 e. The molecule has 5 heterocycles. The van der Waals surface area contributed by atoms with Crippen LogP contribution in [0.2, 0.25) is 0 Å². The van der Waals surface area contributed by atoms with Gasteiger partial charge in [0.05, 0.1) is 29.9 Å². The molecular weight excluding hydrogens is 1020 g/mol. The van der Waals surface area contributed by atoms with Crippen LogP contribution >= 0.6 is 0 Å². The minimum atomic E-state index is -0.688. The molecule has 9 rings (SSSR count). The first-order valence-corrected chi connectivity index (χ1v) is 21.5. The van der Waals surface area contributed by atoms with Gasteiger partial charge < -0.3 is 43.2 Å². The third kappa shape index (κ3) is 10.7. The van der Waals surface area contributed by atoms with E-state index in [0.29, 0.717) is 0 Å². The number of nitrogens with zero attached hydrogens (tertiary/aromatic N) is 5. The minimum absolute atomic E-state index is 0. The summed E-state index contributed by atoms with van der Waals surface area (Å²) in [5.74, 6) is -0.660. The summed E-state index contributed by atoms with van der Waals surface area (Å²) in [6.45, 7) is 9.77. The monoisotopic (exact) mass is 1070 g/mol. The van der Waals surface area contributed by atoms with Crippen LogP contribution in [0.25, 0.3) is 96.5 Å². The summed E-state index contributed by atoms with van der Waals surface area (Å²) in [6, 6.07) is 42.3. The number of esters is 1. The van der Waals surface area contributed by atoms with Gasteiger partial charge in [-0.3, -0.25) is 4.79 Å². The standard InChI is InChI=1S/C48H36N4.C6H11NO3S.NO.Os/c1-29-5-13-33(14-6-29)45-37-21-23-39(49-37)46(34-15-7-30(2)8-16-34)41-25-27-43(51-41)48(36-19-11-32(4)12-20-36)44-28-26-42(52-44)47(40-24-22-38(45)50-40)35-17-9-31(3)10-18-35;1-4(8)7-5(3-11)6(9)10-2;1-2;/h5-28H,1-4H3;5,11H,3H2,1-2H3,(H,7,8);;/q-2;;-1;+4/p-1/t;5-;;/m.0../s1. The first kappa shape index (κ1) is 48.5. The Kier molecular flexibility index (Phi) is 16.0. The number of methoxy groups -OCH3 is 1. The molecule has 0 aliphatic carbocycles. The van der Waals surface area contributed by atoms with Crippen molar-refractivity contribution in [2.75, 3.05) is 12.9 Å². The van der Waals surface area contributed by atoms with Crippen LogP contribution in [-0.4, -0.2) is 40.7 Å². The van der Waals surface area contributed by atoms with Crippen LogP contribution < -0.4 is 15.3 Å². The van der Waals surface area contributed by atoms with E-state index in [9.17, 15) is 9.59 Å². The van der Waals surface area contributed by atoms with Gasteiger partial charge in [-0.05, 0) is 96.5 Å². The van der Waals surface area contributed by atoms with Crippen molar-refractivity contribution in [3.05, 3.63) is 177 Å². The van der Waals surface area contributed by atoms with Gasteiger partial charge in [0, 0.05) is 6.92 Å². The molecule has 0 radical (unpaired) electrons. The molecule has 0 saturated heterocycles. The predicted molar refractivity (Wildman–Crippen MR) is 266 cm³/mol. The fourth-order valence-electron chi connectivity index (χ4n) is 7.71. The van der Waals surface area contributed by atoms with Gasteiger partial charge in [-0.15, -0.1) is 27.8 Å². The summed E-state index contributed by atoms with van der Waals surface area (Å²) >= 11 is 4.62. The topological polar surface area (TPSA) is 149 Å². The van der Waals surface area contributed by atoms with Crippen LogP contribution in [-0.2, 0) is 46.7 Å². The maximum Gasteiger partial charge on any atom is 4.00 e. The molecule has 1 atom stereocenters. The molecule has 0 saturated carbocycles. The summed E-state index contributed by atoms with van der Waals surface area (Å²) in [4.78, 5) is 50.0. The van der Waals surface area contributed by atoms with Crippen LogP contribution in [0.5, 0.6) is 0 Å². The van der Waals surface area contributed by atoms with E-state index in [4.69, 9.17) is 30.4 Å². The molecule has 0 spiro atoms. The van der Waals surface area contributed by atoms with Crippen molar-refractivity contribution in [1.29, 1.82) is 0 Å². The maximum absolute atomic E-state index is 10.8. The van der Waals surface area contributed by atoms with E-state index in [-0.39, 0.29) is 31.5 Å². The Hall–Kier alpha value is -6.99. The van der Waals surface area contributed by atoms with Gasteiger partial charge in [0.25, 0.3) is 0 Å². The molecule has 4 aromatic carbocycles. The Morgan fingerprint density at radius 2 is 0.788 bits per heavy atom. The Bertz CT molecular complexity index is 2730. The first-order valence-electron chi connectivity index (χ1n) is 20.9. The Morgan fingerprint density at radius 1 is 0.530 bits per heavy atom. The molecule has 12 heteroatoms. The number of benzene rings is 4. The van der Waals surface area contributed by atoms with Crippen molar-refractivity contribution < 1.29 is 34.1 Å². The molecule has 66 heavy (non-hydrogen) atoms. The number of rotatable bonds is 7. The average Bonchev–Trinajstić information content (AvgIpc) is 4.17. The molecule has 3 aromatic heterocycles. The molecule has 2 aliphatic heterocycles. The molecule has 0 unspecified atom stereocenters. The van der Waals surface area contributed by atoms with Crippen molar-refractivity contribution in [3.8, 4) is 44.5 Å². The number of aromatic nitrogens is 4. The molecule has 10 nitrogen and oxygen atoms in total. The van der Waals surface area contributed by atoms with E-state index in [1.165, 1.54) is 36.3 Å². The second-order valence-corrected chi connectivity index (χ2v) is 16.1. The van der Waals surface area contributed by atoms with E-state index in [1.807, 2.05) is 0 Å². The Labute approximate surface area is 403 Å². The van der Waals surface area contributed by atoms with Crippen molar-refractivity contribution >= 4 is 70.9 Å². The molecule has 7 aromatic rings. The number of hydrogen-bond donors (Lipinski definition) is 1. The summed E-state index contributed by atoms with van der Waals surface area (Å²) in [7, 11) is 1.25. The molecule has 1 N–H and O–H groups in total. The van der Waals surface area contributed by atoms with Gasteiger partial charge >= 0.3 is 25.8 Å². The van der Waals surface area contributed by atoms with Crippen LogP contribution in [0.1, 0.15) is 52.0 Å². The minimum Gasteiger partial charge on any atom is -0.790 e. The summed E-state index contributed by atoms with van der Waals surface area (Å²) in [5, 5.41) is 2.36.